The van der Waals surface area contributed by atoms with Gasteiger partial charge in [-0.15, -0.1) is 0 Å². The topological polar surface area (TPSA) is 8.17 Å². The summed E-state index contributed by atoms with van der Waals surface area (Å²) in [5.41, 5.74) is 16.3. The highest BCUT2D eigenvalue weighted by Crippen LogP contribution is 2.48. The Kier molecular flexibility index (Phi) is 8.55. The van der Waals surface area contributed by atoms with Crippen LogP contribution in [0.5, 0.6) is 0 Å². The Labute approximate surface area is 327 Å². The van der Waals surface area contributed by atoms with Crippen molar-refractivity contribution in [3.05, 3.63) is 231 Å². The molecule has 0 atom stereocenters. The van der Waals surface area contributed by atoms with Crippen LogP contribution in [-0.2, 0) is 0 Å². The van der Waals surface area contributed by atoms with Gasteiger partial charge in [-0.3, -0.25) is 0 Å². The van der Waals surface area contributed by atoms with Crippen molar-refractivity contribution in [3.8, 4) is 50.2 Å². The summed E-state index contributed by atoms with van der Waals surface area (Å²) in [4.78, 5) is 2.48. The fraction of sp³-hybridized carbons (Fsp3) is 0. The van der Waals surface area contributed by atoms with Crippen LogP contribution in [0.25, 0.3) is 72.0 Å². The maximum absolute atomic E-state index is 2.48. The van der Waals surface area contributed by atoms with E-state index >= 15 is 0 Å². The van der Waals surface area contributed by atoms with Crippen LogP contribution >= 0.6 is 0 Å². The van der Waals surface area contributed by atoms with E-state index in [9.17, 15) is 0 Å². The molecule has 1 heterocycles. The SMILES string of the molecule is c1ccc(-c2ccc(-c3ccccc3N(c3ccc(-c4ccccc4)c(-c4ccccc4)c3)c3cccc4c3c3ccccc3n4-c3ccccc3)cc2)cc1. The van der Waals surface area contributed by atoms with Crippen molar-refractivity contribution in [2.24, 2.45) is 0 Å². The Hall–Kier alpha value is -7.42. The number of para-hydroxylation sites is 3. The normalized spacial score (nSPS) is 11.2. The van der Waals surface area contributed by atoms with E-state index in [0.29, 0.717) is 0 Å². The Morgan fingerprint density at radius 3 is 1.52 bits per heavy atom. The molecule has 0 saturated heterocycles. The van der Waals surface area contributed by atoms with Crippen molar-refractivity contribution < 1.29 is 0 Å². The Bertz CT molecular complexity index is 2930. The molecule has 0 bridgehead atoms. The predicted molar refractivity (Wildman–Crippen MR) is 237 cm³/mol. The molecule has 0 aliphatic carbocycles. The van der Waals surface area contributed by atoms with Crippen LogP contribution in [0.1, 0.15) is 0 Å². The zero-order chi connectivity index (χ0) is 37.3. The zero-order valence-electron chi connectivity index (χ0n) is 30.8. The van der Waals surface area contributed by atoms with Gasteiger partial charge in [-0.2, -0.15) is 0 Å². The highest BCUT2D eigenvalue weighted by molar-refractivity contribution is 6.17. The summed E-state index contributed by atoms with van der Waals surface area (Å²) in [6.45, 7) is 0. The molecular weight excluding hydrogens is 677 g/mol. The lowest BCUT2D eigenvalue weighted by atomic mass is 9.93. The van der Waals surface area contributed by atoms with E-state index in [1.165, 1.54) is 49.7 Å². The van der Waals surface area contributed by atoms with E-state index in [0.717, 1.165) is 39.4 Å². The van der Waals surface area contributed by atoms with Crippen LogP contribution in [0.2, 0.25) is 0 Å². The van der Waals surface area contributed by atoms with Crippen LogP contribution in [-0.4, -0.2) is 4.57 Å². The highest BCUT2D eigenvalue weighted by atomic mass is 15.2. The van der Waals surface area contributed by atoms with Crippen molar-refractivity contribution in [2.45, 2.75) is 0 Å². The molecule has 0 spiro atoms. The zero-order valence-corrected chi connectivity index (χ0v) is 30.8. The smallest absolute Gasteiger partial charge is 0.0562 e. The first kappa shape index (κ1) is 33.2. The number of nitrogens with zero attached hydrogens (tertiary/aromatic N) is 2. The Morgan fingerprint density at radius 1 is 0.304 bits per heavy atom. The fourth-order valence-electron chi connectivity index (χ4n) is 8.23. The van der Waals surface area contributed by atoms with Crippen molar-refractivity contribution in [3.63, 3.8) is 0 Å². The third-order valence-corrected chi connectivity index (χ3v) is 10.8. The lowest BCUT2D eigenvalue weighted by Gasteiger charge is -2.30. The second-order valence-electron chi connectivity index (χ2n) is 14.1. The summed E-state index contributed by atoms with van der Waals surface area (Å²) in [6.07, 6.45) is 0. The summed E-state index contributed by atoms with van der Waals surface area (Å²) in [5, 5.41) is 2.41. The van der Waals surface area contributed by atoms with Gasteiger partial charge >= 0.3 is 0 Å². The predicted octanol–water partition coefficient (Wildman–Crippen LogP) is 14.9. The van der Waals surface area contributed by atoms with Crippen LogP contribution in [0.15, 0.2) is 231 Å². The van der Waals surface area contributed by atoms with Gasteiger partial charge in [0.2, 0.25) is 0 Å². The van der Waals surface area contributed by atoms with Gasteiger partial charge in [0, 0.05) is 27.7 Å². The minimum Gasteiger partial charge on any atom is -0.309 e. The average molecular weight is 715 g/mol. The molecule has 10 rings (SSSR count). The molecule has 1 aromatic heterocycles. The number of fused-ring (bicyclic) bond motifs is 3. The molecular formula is C54H38N2. The number of anilines is 3. The summed E-state index contributed by atoms with van der Waals surface area (Å²) in [6, 6.07) is 83.1. The number of hydrogen-bond donors (Lipinski definition) is 0. The molecule has 0 aliphatic heterocycles. The monoisotopic (exact) mass is 714 g/mol. The first-order valence-electron chi connectivity index (χ1n) is 19.2. The molecule has 0 fully saturated rings. The molecule has 2 heteroatoms. The highest BCUT2D eigenvalue weighted by Gasteiger charge is 2.24. The third-order valence-electron chi connectivity index (χ3n) is 10.8. The van der Waals surface area contributed by atoms with Gasteiger partial charge in [0.15, 0.2) is 0 Å². The van der Waals surface area contributed by atoms with Gasteiger partial charge in [0.1, 0.15) is 0 Å². The first-order chi connectivity index (χ1) is 27.8. The minimum atomic E-state index is 1.08. The van der Waals surface area contributed by atoms with Crippen LogP contribution in [0.4, 0.5) is 17.1 Å². The lowest BCUT2D eigenvalue weighted by Crippen LogP contribution is -2.12. The van der Waals surface area contributed by atoms with Crippen LogP contribution in [0.3, 0.4) is 0 Å². The summed E-state index contributed by atoms with van der Waals surface area (Å²) < 4.78 is 2.40. The molecule has 0 amide bonds. The fourth-order valence-corrected chi connectivity index (χ4v) is 8.23. The molecule has 10 aromatic rings. The van der Waals surface area contributed by atoms with Crippen molar-refractivity contribution in [1.82, 2.24) is 4.57 Å². The lowest BCUT2D eigenvalue weighted by molar-refractivity contribution is 1.18. The number of benzene rings is 9. The maximum atomic E-state index is 2.48. The molecule has 0 radical (unpaired) electrons. The first-order valence-corrected chi connectivity index (χ1v) is 19.2. The second-order valence-corrected chi connectivity index (χ2v) is 14.1. The molecule has 0 N–H and O–H groups in total. The van der Waals surface area contributed by atoms with E-state index in [2.05, 4.69) is 240 Å². The number of rotatable bonds is 8. The molecule has 2 nitrogen and oxygen atoms in total. The third kappa shape index (κ3) is 5.95. The number of hydrogen-bond acceptors (Lipinski definition) is 1. The molecule has 9 aromatic carbocycles. The molecule has 0 aliphatic rings. The van der Waals surface area contributed by atoms with Crippen molar-refractivity contribution >= 4 is 38.9 Å². The van der Waals surface area contributed by atoms with Gasteiger partial charge in [0.25, 0.3) is 0 Å². The van der Waals surface area contributed by atoms with Crippen LogP contribution < -0.4 is 4.90 Å². The van der Waals surface area contributed by atoms with Gasteiger partial charge in [-0.05, 0) is 87.5 Å². The Morgan fingerprint density at radius 2 is 0.804 bits per heavy atom. The quantitative estimate of drug-likeness (QED) is 0.152. The standard InChI is InChI=1S/C54H38N2/c1-5-18-39(19-6-1)40-32-34-43(35-33-40)47-26-13-15-28-50(47)56(45-36-37-46(41-20-7-2-8-21-41)49(38-45)42-22-9-3-10-23-42)53-31-17-30-52-54(53)48-27-14-16-29-51(48)55(52)44-24-11-4-12-25-44/h1-38H. The van der Waals surface area contributed by atoms with E-state index < -0.39 is 0 Å². The average Bonchev–Trinajstić information content (AvgIpc) is 3.63. The Balaban J connectivity index is 1.25. The van der Waals surface area contributed by atoms with E-state index in [1.54, 1.807) is 0 Å². The van der Waals surface area contributed by atoms with Gasteiger partial charge < -0.3 is 9.47 Å². The molecule has 264 valence electrons. The second kappa shape index (κ2) is 14.4. The summed E-state index contributed by atoms with van der Waals surface area (Å²) >= 11 is 0. The largest absolute Gasteiger partial charge is 0.309 e. The van der Waals surface area contributed by atoms with Crippen molar-refractivity contribution in [2.75, 3.05) is 4.90 Å². The minimum absolute atomic E-state index is 1.08. The van der Waals surface area contributed by atoms with Gasteiger partial charge in [0.05, 0.1) is 22.4 Å². The molecule has 56 heavy (non-hydrogen) atoms. The summed E-state index contributed by atoms with van der Waals surface area (Å²) in [7, 11) is 0. The van der Waals surface area contributed by atoms with Gasteiger partial charge in [-0.1, -0.05) is 182 Å². The van der Waals surface area contributed by atoms with E-state index in [-0.39, 0.29) is 0 Å². The van der Waals surface area contributed by atoms with Crippen LogP contribution in [0, 0.1) is 0 Å². The van der Waals surface area contributed by atoms with E-state index in [1.807, 2.05) is 0 Å². The summed E-state index contributed by atoms with van der Waals surface area (Å²) in [5.74, 6) is 0. The maximum Gasteiger partial charge on any atom is 0.0562 e. The number of aromatic nitrogens is 1. The van der Waals surface area contributed by atoms with E-state index in [4.69, 9.17) is 0 Å². The molecule has 0 unspecified atom stereocenters. The van der Waals surface area contributed by atoms with Crippen molar-refractivity contribution in [1.29, 1.82) is 0 Å². The van der Waals surface area contributed by atoms with Gasteiger partial charge in [-0.25, -0.2) is 0 Å². The molecule has 0 saturated carbocycles.